The molecule has 1 heterocycles. The van der Waals surface area contributed by atoms with Crippen LogP contribution in [0.4, 0.5) is 14.5 Å². The molecule has 24 heavy (non-hydrogen) atoms. The lowest BCUT2D eigenvalue weighted by Crippen LogP contribution is -2.14. The van der Waals surface area contributed by atoms with E-state index in [4.69, 9.17) is 4.42 Å². The van der Waals surface area contributed by atoms with Crippen LogP contribution in [0, 0.1) is 11.6 Å². The highest BCUT2D eigenvalue weighted by atomic mass is 19.1. The van der Waals surface area contributed by atoms with Crippen molar-refractivity contribution in [3.8, 4) is 0 Å². The van der Waals surface area contributed by atoms with Crippen LogP contribution >= 0.6 is 0 Å². The zero-order chi connectivity index (χ0) is 16.7. The summed E-state index contributed by atoms with van der Waals surface area (Å²) in [5.41, 5.74) is 4.26. The number of fused-ring (bicyclic) bond motifs is 2. The fraction of sp³-hybridized carbons (Fsp3) is 0.211. The number of benzene rings is 2. The van der Waals surface area contributed by atoms with Crippen LogP contribution in [0.25, 0.3) is 11.0 Å². The third kappa shape index (κ3) is 2.77. The smallest absolute Gasteiger partial charge is 0.228 e. The Morgan fingerprint density at radius 1 is 1.04 bits per heavy atom. The lowest BCUT2D eigenvalue weighted by Gasteiger charge is -2.05. The molecule has 122 valence electrons. The van der Waals surface area contributed by atoms with E-state index >= 15 is 0 Å². The van der Waals surface area contributed by atoms with Crippen molar-refractivity contribution in [3.05, 3.63) is 64.9 Å². The molecule has 5 heteroatoms. The van der Waals surface area contributed by atoms with E-state index in [9.17, 15) is 13.6 Å². The van der Waals surface area contributed by atoms with Crippen molar-refractivity contribution in [2.75, 3.05) is 5.32 Å². The molecular formula is C19H15F2NO2. The molecule has 0 unspecified atom stereocenters. The molecule has 1 aliphatic rings. The van der Waals surface area contributed by atoms with Gasteiger partial charge < -0.3 is 9.73 Å². The average molecular weight is 327 g/mol. The molecule has 0 saturated carbocycles. The number of halogens is 2. The van der Waals surface area contributed by atoms with Crippen LogP contribution in [0.1, 0.15) is 23.1 Å². The maximum Gasteiger partial charge on any atom is 0.228 e. The van der Waals surface area contributed by atoms with Gasteiger partial charge in [0, 0.05) is 22.7 Å². The highest BCUT2D eigenvalue weighted by molar-refractivity contribution is 5.95. The predicted molar refractivity (Wildman–Crippen MR) is 86.9 cm³/mol. The van der Waals surface area contributed by atoms with Crippen LogP contribution < -0.4 is 5.32 Å². The van der Waals surface area contributed by atoms with Gasteiger partial charge in [0.2, 0.25) is 5.91 Å². The van der Waals surface area contributed by atoms with Crippen LogP contribution in [-0.4, -0.2) is 5.91 Å². The topological polar surface area (TPSA) is 42.2 Å². The molecule has 0 aliphatic heterocycles. The van der Waals surface area contributed by atoms with E-state index in [0.717, 1.165) is 54.0 Å². The molecule has 3 aromatic rings. The molecule has 3 nitrogen and oxygen atoms in total. The molecule has 1 N–H and O–H groups in total. The number of hydrogen-bond donors (Lipinski definition) is 1. The Morgan fingerprint density at radius 2 is 1.75 bits per heavy atom. The van der Waals surface area contributed by atoms with Gasteiger partial charge >= 0.3 is 0 Å². The summed E-state index contributed by atoms with van der Waals surface area (Å²) in [6.45, 7) is 0. The summed E-state index contributed by atoms with van der Waals surface area (Å²) in [7, 11) is 0. The molecule has 0 fully saturated rings. The number of anilines is 1. The molecule has 0 spiro atoms. The highest BCUT2D eigenvalue weighted by Gasteiger charge is 2.17. The average Bonchev–Trinajstić information content (AvgIpc) is 3.10. The summed E-state index contributed by atoms with van der Waals surface area (Å²) in [6, 6.07) is 7.06. The maximum atomic E-state index is 13.2. The molecule has 1 aliphatic carbocycles. The van der Waals surface area contributed by atoms with Gasteiger partial charge in [-0.15, -0.1) is 0 Å². The summed E-state index contributed by atoms with van der Waals surface area (Å²) in [4.78, 5) is 12.2. The van der Waals surface area contributed by atoms with Gasteiger partial charge in [0.25, 0.3) is 0 Å². The lowest BCUT2D eigenvalue weighted by atomic mass is 10.0. The molecule has 2 aromatic carbocycles. The molecular weight excluding hydrogens is 312 g/mol. The summed E-state index contributed by atoms with van der Waals surface area (Å²) >= 11 is 0. The number of amides is 1. The lowest BCUT2D eigenvalue weighted by molar-refractivity contribution is -0.115. The SMILES string of the molecule is O=C(Cc1coc2cc3c(cc12)CCC3)Nc1cc(F)cc(F)c1. The first kappa shape index (κ1) is 14.9. The third-order valence-electron chi connectivity index (χ3n) is 4.37. The van der Waals surface area contributed by atoms with Crippen LogP contribution in [0.3, 0.4) is 0 Å². The summed E-state index contributed by atoms with van der Waals surface area (Å²) in [6.07, 6.45) is 4.91. The summed E-state index contributed by atoms with van der Waals surface area (Å²) in [5.74, 6) is -1.80. The van der Waals surface area contributed by atoms with Crippen LogP contribution in [0.5, 0.6) is 0 Å². The monoisotopic (exact) mass is 327 g/mol. The van der Waals surface area contributed by atoms with Crippen molar-refractivity contribution in [3.63, 3.8) is 0 Å². The van der Waals surface area contributed by atoms with E-state index in [1.165, 1.54) is 11.1 Å². The second-order valence-corrected chi connectivity index (χ2v) is 6.11. The van der Waals surface area contributed by atoms with Crippen LogP contribution in [0.15, 0.2) is 41.0 Å². The number of rotatable bonds is 3. The molecule has 1 aromatic heterocycles. The van der Waals surface area contributed by atoms with Crippen molar-refractivity contribution >= 4 is 22.6 Å². The molecule has 0 saturated heterocycles. The number of aryl methyl sites for hydroxylation is 2. The zero-order valence-electron chi connectivity index (χ0n) is 12.9. The van der Waals surface area contributed by atoms with Crippen molar-refractivity contribution in [2.24, 2.45) is 0 Å². The summed E-state index contributed by atoms with van der Waals surface area (Å²) in [5, 5.41) is 3.45. The highest BCUT2D eigenvalue weighted by Crippen LogP contribution is 2.30. The fourth-order valence-corrected chi connectivity index (χ4v) is 3.29. The number of carbonyl (C=O) groups is 1. The second kappa shape index (κ2) is 5.74. The van der Waals surface area contributed by atoms with E-state index in [2.05, 4.69) is 11.4 Å². The maximum absolute atomic E-state index is 13.2. The van der Waals surface area contributed by atoms with Crippen molar-refractivity contribution in [1.29, 1.82) is 0 Å². The number of carbonyl (C=O) groups excluding carboxylic acids is 1. The zero-order valence-corrected chi connectivity index (χ0v) is 12.9. The van der Waals surface area contributed by atoms with E-state index in [0.29, 0.717) is 0 Å². The number of hydrogen-bond acceptors (Lipinski definition) is 2. The number of nitrogens with one attached hydrogen (secondary N) is 1. The molecule has 0 atom stereocenters. The van der Waals surface area contributed by atoms with Gasteiger partial charge in [0.1, 0.15) is 17.2 Å². The Bertz CT molecular complexity index is 926. The fourth-order valence-electron chi connectivity index (χ4n) is 3.29. The molecule has 0 radical (unpaired) electrons. The second-order valence-electron chi connectivity index (χ2n) is 6.11. The van der Waals surface area contributed by atoms with Crippen LogP contribution in [0.2, 0.25) is 0 Å². The first-order valence-electron chi connectivity index (χ1n) is 7.86. The molecule has 1 amide bonds. The quantitative estimate of drug-likeness (QED) is 0.775. The first-order chi connectivity index (χ1) is 11.6. The van der Waals surface area contributed by atoms with Gasteiger partial charge in [-0.3, -0.25) is 4.79 Å². The van der Waals surface area contributed by atoms with Crippen molar-refractivity contribution in [1.82, 2.24) is 0 Å². The Kier molecular flexibility index (Phi) is 3.56. The van der Waals surface area contributed by atoms with E-state index < -0.39 is 11.6 Å². The minimum Gasteiger partial charge on any atom is -0.464 e. The predicted octanol–water partition coefficient (Wildman–Crippen LogP) is 4.38. The Hall–Kier alpha value is -2.69. The Labute approximate surface area is 137 Å². The third-order valence-corrected chi connectivity index (χ3v) is 4.37. The minimum absolute atomic E-state index is 0.0872. The van der Waals surface area contributed by atoms with Gasteiger partial charge in [-0.25, -0.2) is 8.78 Å². The summed E-state index contributed by atoms with van der Waals surface area (Å²) < 4.78 is 31.9. The van der Waals surface area contributed by atoms with Crippen LogP contribution in [-0.2, 0) is 24.1 Å². The largest absolute Gasteiger partial charge is 0.464 e. The minimum atomic E-state index is -0.727. The van der Waals surface area contributed by atoms with Gasteiger partial charge in [-0.1, -0.05) is 0 Å². The van der Waals surface area contributed by atoms with Gasteiger partial charge in [-0.2, -0.15) is 0 Å². The van der Waals surface area contributed by atoms with Gasteiger partial charge in [0.15, 0.2) is 0 Å². The van der Waals surface area contributed by atoms with Crippen molar-refractivity contribution < 1.29 is 18.0 Å². The van der Waals surface area contributed by atoms with E-state index in [1.54, 1.807) is 6.26 Å². The normalized spacial score (nSPS) is 13.2. The van der Waals surface area contributed by atoms with E-state index in [-0.39, 0.29) is 18.0 Å². The Balaban J connectivity index is 1.56. The Morgan fingerprint density at radius 3 is 2.50 bits per heavy atom. The van der Waals surface area contributed by atoms with Gasteiger partial charge in [0.05, 0.1) is 12.7 Å². The first-order valence-corrected chi connectivity index (χ1v) is 7.86. The molecule has 4 rings (SSSR count). The van der Waals surface area contributed by atoms with Gasteiger partial charge in [-0.05, 0) is 54.7 Å². The molecule has 0 bridgehead atoms. The van der Waals surface area contributed by atoms with Crippen molar-refractivity contribution in [2.45, 2.75) is 25.7 Å². The standard InChI is InChI=1S/C19H15F2NO2/c20-14-7-15(21)9-16(8-14)22-19(23)6-13-10-24-18-5-12-3-1-2-11(12)4-17(13)18/h4-5,7-10H,1-3,6H2,(H,22,23). The van der Waals surface area contributed by atoms with E-state index in [1.807, 2.05) is 6.07 Å². The number of furan rings is 1.